The van der Waals surface area contributed by atoms with Crippen molar-refractivity contribution in [2.75, 3.05) is 12.3 Å². The summed E-state index contributed by atoms with van der Waals surface area (Å²) >= 11 is 0. The van der Waals surface area contributed by atoms with E-state index in [0.717, 1.165) is 16.9 Å². The quantitative estimate of drug-likeness (QED) is 0.826. The first-order valence-electron chi connectivity index (χ1n) is 5.98. The Balaban J connectivity index is 2.36. The number of carboxylic acid groups (broad SMARTS) is 1. The zero-order chi connectivity index (χ0) is 13.8. The minimum Gasteiger partial charge on any atom is -0.494 e. The van der Waals surface area contributed by atoms with E-state index >= 15 is 0 Å². The van der Waals surface area contributed by atoms with Gasteiger partial charge in [0.2, 0.25) is 0 Å². The van der Waals surface area contributed by atoms with Crippen molar-refractivity contribution in [2.45, 2.75) is 6.92 Å². The Morgan fingerprint density at radius 2 is 1.79 bits per heavy atom. The molecular formula is C15H15NO3. The lowest BCUT2D eigenvalue weighted by Crippen LogP contribution is -2.02. The molecule has 0 amide bonds. The zero-order valence-corrected chi connectivity index (χ0v) is 10.6. The van der Waals surface area contributed by atoms with Gasteiger partial charge in [-0.3, -0.25) is 0 Å². The van der Waals surface area contributed by atoms with Gasteiger partial charge in [0.1, 0.15) is 5.75 Å². The number of rotatable bonds is 4. The molecule has 0 saturated carbocycles. The monoisotopic (exact) mass is 257 g/mol. The van der Waals surface area contributed by atoms with Gasteiger partial charge in [0.25, 0.3) is 0 Å². The van der Waals surface area contributed by atoms with Crippen LogP contribution in [0.4, 0.5) is 5.69 Å². The summed E-state index contributed by atoms with van der Waals surface area (Å²) in [6.45, 7) is 2.54. The largest absolute Gasteiger partial charge is 0.494 e. The smallest absolute Gasteiger partial charge is 0.337 e. The van der Waals surface area contributed by atoms with Gasteiger partial charge >= 0.3 is 5.97 Å². The molecule has 2 aromatic rings. The van der Waals surface area contributed by atoms with Gasteiger partial charge in [0.15, 0.2) is 0 Å². The number of nitrogen functional groups attached to an aromatic ring is 1. The molecule has 0 aliphatic rings. The summed E-state index contributed by atoms with van der Waals surface area (Å²) in [4.78, 5) is 11.0. The average Bonchev–Trinajstić information content (AvgIpc) is 2.40. The van der Waals surface area contributed by atoms with Crippen molar-refractivity contribution < 1.29 is 14.6 Å². The number of hydrogen-bond acceptors (Lipinski definition) is 3. The van der Waals surface area contributed by atoms with E-state index in [1.165, 1.54) is 0 Å². The molecule has 0 aromatic heterocycles. The fourth-order valence-corrected chi connectivity index (χ4v) is 1.83. The van der Waals surface area contributed by atoms with E-state index in [0.29, 0.717) is 6.61 Å². The molecule has 0 aliphatic carbocycles. The topological polar surface area (TPSA) is 72.5 Å². The third kappa shape index (κ3) is 2.85. The number of carboxylic acids is 1. The molecule has 0 heterocycles. The van der Waals surface area contributed by atoms with E-state index in [-0.39, 0.29) is 11.3 Å². The Labute approximate surface area is 111 Å². The van der Waals surface area contributed by atoms with Crippen LogP contribution in [-0.2, 0) is 0 Å². The number of aromatic carboxylic acids is 1. The van der Waals surface area contributed by atoms with Gasteiger partial charge < -0.3 is 15.6 Å². The summed E-state index contributed by atoms with van der Waals surface area (Å²) in [5.41, 5.74) is 7.75. The van der Waals surface area contributed by atoms with Crippen LogP contribution in [0.3, 0.4) is 0 Å². The molecule has 0 radical (unpaired) electrons. The summed E-state index contributed by atoms with van der Waals surface area (Å²) in [6.07, 6.45) is 0. The van der Waals surface area contributed by atoms with Crippen molar-refractivity contribution >= 4 is 11.7 Å². The van der Waals surface area contributed by atoms with Crippen molar-refractivity contribution in [1.82, 2.24) is 0 Å². The molecule has 4 nitrogen and oxygen atoms in total. The predicted octanol–water partition coefficient (Wildman–Crippen LogP) is 3.03. The van der Waals surface area contributed by atoms with Crippen LogP contribution in [-0.4, -0.2) is 17.7 Å². The second kappa shape index (κ2) is 5.44. The minimum atomic E-state index is -1.02. The van der Waals surface area contributed by atoms with Gasteiger partial charge in [-0.2, -0.15) is 0 Å². The van der Waals surface area contributed by atoms with Gasteiger partial charge in [-0.15, -0.1) is 0 Å². The molecule has 0 fully saturated rings. The van der Waals surface area contributed by atoms with Crippen molar-refractivity contribution in [1.29, 1.82) is 0 Å². The molecule has 0 bridgehead atoms. The van der Waals surface area contributed by atoms with E-state index in [9.17, 15) is 4.79 Å². The van der Waals surface area contributed by atoms with Crippen LogP contribution in [0.25, 0.3) is 11.1 Å². The van der Waals surface area contributed by atoms with Gasteiger partial charge in [-0.05, 0) is 42.3 Å². The third-order valence-corrected chi connectivity index (χ3v) is 2.78. The molecule has 3 N–H and O–H groups in total. The zero-order valence-electron chi connectivity index (χ0n) is 10.6. The first kappa shape index (κ1) is 13.0. The van der Waals surface area contributed by atoms with Crippen molar-refractivity contribution in [2.24, 2.45) is 0 Å². The number of benzene rings is 2. The molecule has 2 rings (SSSR count). The van der Waals surface area contributed by atoms with Crippen LogP contribution in [0.1, 0.15) is 17.3 Å². The summed E-state index contributed by atoms with van der Waals surface area (Å²) in [5, 5.41) is 9.05. The molecule has 0 unspecified atom stereocenters. The highest BCUT2D eigenvalue weighted by molar-refractivity contribution is 5.95. The number of anilines is 1. The standard InChI is InChI=1S/C15H15NO3/c1-2-19-12-6-3-10(4-7-12)11-5-8-14(16)13(9-11)15(17)18/h3-9H,2,16H2,1H3,(H,17,18). The fourth-order valence-electron chi connectivity index (χ4n) is 1.83. The molecule has 98 valence electrons. The van der Waals surface area contributed by atoms with E-state index in [1.54, 1.807) is 18.2 Å². The van der Waals surface area contributed by atoms with Gasteiger partial charge in [-0.1, -0.05) is 18.2 Å². The summed E-state index contributed by atoms with van der Waals surface area (Å²) in [7, 11) is 0. The first-order valence-corrected chi connectivity index (χ1v) is 5.98. The Bertz CT molecular complexity index is 591. The molecule has 4 heteroatoms. The number of ether oxygens (including phenoxy) is 1. The van der Waals surface area contributed by atoms with Gasteiger partial charge in [0.05, 0.1) is 12.2 Å². The van der Waals surface area contributed by atoms with Gasteiger partial charge in [0, 0.05) is 5.69 Å². The summed E-state index contributed by atoms with van der Waals surface area (Å²) in [6, 6.07) is 12.5. The van der Waals surface area contributed by atoms with Crippen LogP contribution in [0.15, 0.2) is 42.5 Å². The van der Waals surface area contributed by atoms with E-state index in [4.69, 9.17) is 15.6 Å². The Kier molecular flexibility index (Phi) is 3.71. The highest BCUT2D eigenvalue weighted by Gasteiger charge is 2.09. The first-order chi connectivity index (χ1) is 9.11. The molecular weight excluding hydrogens is 242 g/mol. The molecule has 0 atom stereocenters. The Hall–Kier alpha value is -2.49. The van der Waals surface area contributed by atoms with Crippen molar-refractivity contribution in [3.05, 3.63) is 48.0 Å². The second-order valence-electron chi connectivity index (χ2n) is 4.06. The number of nitrogens with two attached hydrogens (primary N) is 1. The molecule has 2 aromatic carbocycles. The molecule has 0 spiro atoms. The maximum Gasteiger partial charge on any atom is 0.337 e. The lowest BCUT2D eigenvalue weighted by molar-refractivity contribution is 0.0698. The second-order valence-corrected chi connectivity index (χ2v) is 4.06. The van der Waals surface area contributed by atoms with E-state index in [2.05, 4.69) is 0 Å². The van der Waals surface area contributed by atoms with Crippen LogP contribution < -0.4 is 10.5 Å². The number of carbonyl (C=O) groups is 1. The molecule has 0 aliphatic heterocycles. The normalized spacial score (nSPS) is 10.2. The summed E-state index contributed by atoms with van der Waals surface area (Å²) in [5.74, 6) is -0.231. The minimum absolute atomic E-state index is 0.117. The maximum absolute atomic E-state index is 11.0. The SMILES string of the molecule is CCOc1ccc(-c2ccc(N)c(C(=O)O)c2)cc1. The maximum atomic E-state index is 11.0. The average molecular weight is 257 g/mol. The van der Waals surface area contributed by atoms with Crippen LogP contribution in [0, 0.1) is 0 Å². The Morgan fingerprint density at radius 1 is 1.16 bits per heavy atom. The predicted molar refractivity (Wildman–Crippen MR) is 74.4 cm³/mol. The lowest BCUT2D eigenvalue weighted by Gasteiger charge is -2.07. The lowest BCUT2D eigenvalue weighted by atomic mass is 10.0. The van der Waals surface area contributed by atoms with E-state index in [1.807, 2.05) is 31.2 Å². The number of hydrogen-bond donors (Lipinski definition) is 2. The van der Waals surface area contributed by atoms with Crippen molar-refractivity contribution in [3.8, 4) is 16.9 Å². The highest BCUT2D eigenvalue weighted by atomic mass is 16.5. The van der Waals surface area contributed by atoms with Crippen LogP contribution in [0.2, 0.25) is 0 Å². The highest BCUT2D eigenvalue weighted by Crippen LogP contribution is 2.25. The molecule has 19 heavy (non-hydrogen) atoms. The van der Waals surface area contributed by atoms with Crippen LogP contribution in [0.5, 0.6) is 5.75 Å². The summed E-state index contributed by atoms with van der Waals surface area (Å²) < 4.78 is 5.36. The molecule has 0 saturated heterocycles. The third-order valence-electron chi connectivity index (χ3n) is 2.78. The Morgan fingerprint density at radius 3 is 2.37 bits per heavy atom. The van der Waals surface area contributed by atoms with Gasteiger partial charge in [-0.25, -0.2) is 4.79 Å². The fraction of sp³-hybridized carbons (Fsp3) is 0.133. The van der Waals surface area contributed by atoms with E-state index < -0.39 is 5.97 Å². The van der Waals surface area contributed by atoms with Crippen LogP contribution >= 0.6 is 0 Å². The van der Waals surface area contributed by atoms with Crippen molar-refractivity contribution in [3.63, 3.8) is 0 Å².